The number of halogens is 3. The first-order valence-corrected chi connectivity index (χ1v) is 14.8. The Kier molecular flexibility index (Phi) is 9.58. The second-order valence-electron chi connectivity index (χ2n) is 11.7. The Morgan fingerprint density at radius 2 is 1.77 bits per heavy atom. The van der Waals surface area contributed by atoms with Crippen LogP contribution in [0.2, 0.25) is 0 Å². The van der Waals surface area contributed by atoms with Crippen LogP contribution in [0, 0.1) is 11.3 Å². The fourth-order valence-corrected chi connectivity index (χ4v) is 6.53. The molecular weight excluding hydrogens is 593 g/mol. The molecule has 2 saturated heterocycles. The summed E-state index contributed by atoms with van der Waals surface area (Å²) in [7, 11) is 0. The van der Waals surface area contributed by atoms with E-state index >= 15 is 0 Å². The number of primary amides is 1. The predicted molar refractivity (Wildman–Crippen MR) is 165 cm³/mol. The molecular formula is C31H37F3N6O3S. The van der Waals surface area contributed by atoms with Gasteiger partial charge in [0, 0.05) is 37.4 Å². The molecule has 0 aromatic heterocycles. The Bertz CT molecular complexity index is 1480. The van der Waals surface area contributed by atoms with Gasteiger partial charge in [0.05, 0.1) is 29.4 Å². The molecule has 4 rings (SSSR count). The van der Waals surface area contributed by atoms with Crippen LogP contribution in [0.5, 0.6) is 5.75 Å². The summed E-state index contributed by atoms with van der Waals surface area (Å²) in [6.45, 7) is 12.4. The molecule has 0 spiro atoms. The molecule has 13 heteroatoms. The number of hydrogen-bond donors (Lipinski definition) is 1. The lowest BCUT2D eigenvalue weighted by molar-refractivity contribution is -0.137. The lowest BCUT2D eigenvalue weighted by atomic mass is 10.0. The zero-order valence-electron chi connectivity index (χ0n) is 25.4. The molecule has 2 aromatic rings. The van der Waals surface area contributed by atoms with Gasteiger partial charge < -0.3 is 15.4 Å². The minimum Gasteiger partial charge on any atom is -0.492 e. The summed E-state index contributed by atoms with van der Waals surface area (Å²) in [6, 6.07) is 10.5. The van der Waals surface area contributed by atoms with E-state index in [1.165, 1.54) is 6.07 Å². The number of benzene rings is 2. The molecule has 0 aliphatic carbocycles. The van der Waals surface area contributed by atoms with Gasteiger partial charge in [0.1, 0.15) is 17.9 Å². The van der Waals surface area contributed by atoms with E-state index < -0.39 is 28.7 Å². The number of nitriles is 1. The maximum absolute atomic E-state index is 13.7. The van der Waals surface area contributed by atoms with E-state index in [1.54, 1.807) is 30.9 Å². The van der Waals surface area contributed by atoms with Crippen LogP contribution in [0.1, 0.15) is 51.3 Å². The smallest absolute Gasteiger partial charge is 0.417 e. The molecule has 2 aliphatic heterocycles. The molecule has 2 aliphatic rings. The standard InChI is InChI=1S/C31H37F3N6O3S/c1-6-21-13-24(9-10-26(21)43-12-11-37-16-19(2)38(18-27(36)41)20(3)17-37)40-29(44)39(28(42)30(40,4)5)23-8-7-22(15-35)25(14-23)31(32,33)34/h7-10,13-14,19-20H,6,11-12,16-18H2,1-5H3,(H2,36,41)/t19-,20-/m1/s1. The summed E-state index contributed by atoms with van der Waals surface area (Å²) >= 11 is 5.67. The molecule has 2 N–H and O–H groups in total. The van der Waals surface area contributed by atoms with Crippen molar-refractivity contribution >= 4 is 40.5 Å². The van der Waals surface area contributed by atoms with Crippen molar-refractivity contribution in [3.8, 4) is 11.8 Å². The summed E-state index contributed by atoms with van der Waals surface area (Å²) in [4.78, 5) is 32.1. The highest BCUT2D eigenvalue weighted by Gasteiger charge is 2.51. The fraction of sp³-hybridized carbons (Fsp3) is 0.484. The van der Waals surface area contributed by atoms with Gasteiger partial charge in [-0.25, -0.2) is 0 Å². The van der Waals surface area contributed by atoms with Gasteiger partial charge in [0.15, 0.2) is 5.11 Å². The van der Waals surface area contributed by atoms with Crippen LogP contribution in [-0.4, -0.2) is 77.1 Å². The second-order valence-corrected chi connectivity index (χ2v) is 12.1. The Balaban J connectivity index is 1.51. The third-order valence-electron chi connectivity index (χ3n) is 8.22. The number of anilines is 2. The van der Waals surface area contributed by atoms with Gasteiger partial charge in [0.25, 0.3) is 5.91 Å². The summed E-state index contributed by atoms with van der Waals surface area (Å²) in [6.07, 6.45) is -4.14. The van der Waals surface area contributed by atoms with Crippen molar-refractivity contribution in [2.45, 2.75) is 64.8 Å². The van der Waals surface area contributed by atoms with Crippen LogP contribution in [0.4, 0.5) is 24.5 Å². The number of carbonyl (C=O) groups is 2. The molecule has 2 aromatic carbocycles. The van der Waals surface area contributed by atoms with Crippen molar-refractivity contribution in [2.24, 2.45) is 5.73 Å². The number of nitrogens with zero attached hydrogens (tertiary/aromatic N) is 5. The number of rotatable bonds is 9. The number of hydrogen-bond acceptors (Lipinski definition) is 7. The Morgan fingerprint density at radius 1 is 1.14 bits per heavy atom. The molecule has 0 saturated carbocycles. The largest absolute Gasteiger partial charge is 0.492 e. The fourth-order valence-electron chi connectivity index (χ4n) is 6.01. The Labute approximate surface area is 260 Å². The van der Waals surface area contributed by atoms with Crippen LogP contribution in [0.15, 0.2) is 36.4 Å². The highest BCUT2D eigenvalue weighted by atomic mass is 32.1. The van der Waals surface area contributed by atoms with E-state index in [4.69, 9.17) is 22.7 Å². The summed E-state index contributed by atoms with van der Waals surface area (Å²) < 4.78 is 47.2. The lowest BCUT2D eigenvalue weighted by Gasteiger charge is -2.43. The molecule has 2 atom stereocenters. The van der Waals surface area contributed by atoms with Crippen LogP contribution >= 0.6 is 12.2 Å². The van der Waals surface area contributed by atoms with E-state index in [0.717, 1.165) is 35.7 Å². The van der Waals surface area contributed by atoms with E-state index in [-0.39, 0.29) is 35.3 Å². The molecule has 2 heterocycles. The second kappa shape index (κ2) is 12.7. The molecule has 236 valence electrons. The highest BCUT2D eigenvalue weighted by molar-refractivity contribution is 7.81. The van der Waals surface area contributed by atoms with E-state index in [2.05, 4.69) is 23.6 Å². The third-order valence-corrected chi connectivity index (χ3v) is 8.58. The first-order chi connectivity index (χ1) is 20.6. The maximum atomic E-state index is 13.7. The van der Waals surface area contributed by atoms with Gasteiger partial charge in [-0.3, -0.25) is 24.3 Å². The molecule has 2 fully saturated rings. The number of piperazine rings is 1. The van der Waals surface area contributed by atoms with E-state index in [9.17, 15) is 28.0 Å². The van der Waals surface area contributed by atoms with Crippen molar-refractivity contribution in [3.05, 3.63) is 53.1 Å². The number of ether oxygens (including phenoxy) is 1. The van der Waals surface area contributed by atoms with Crippen molar-refractivity contribution < 1.29 is 27.5 Å². The molecule has 0 unspecified atom stereocenters. The predicted octanol–water partition coefficient (Wildman–Crippen LogP) is 4.31. The summed E-state index contributed by atoms with van der Waals surface area (Å²) in [5, 5.41) is 9.21. The van der Waals surface area contributed by atoms with Gasteiger partial charge >= 0.3 is 6.18 Å². The van der Waals surface area contributed by atoms with Crippen LogP contribution in [-0.2, 0) is 22.2 Å². The third kappa shape index (κ3) is 6.52. The highest BCUT2D eigenvalue weighted by Crippen LogP contribution is 2.40. The summed E-state index contributed by atoms with van der Waals surface area (Å²) in [5.74, 6) is -0.133. The van der Waals surface area contributed by atoms with Gasteiger partial charge in [0.2, 0.25) is 5.91 Å². The molecule has 44 heavy (non-hydrogen) atoms. The van der Waals surface area contributed by atoms with Crippen molar-refractivity contribution in [1.82, 2.24) is 9.80 Å². The topological polar surface area (TPSA) is 106 Å². The number of nitrogens with two attached hydrogens (primary N) is 1. The number of aryl methyl sites for hydroxylation is 1. The number of amides is 2. The Morgan fingerprint density at radius 3 is 2.34 bits per heavy atom. The lowest BCUT2D eigenvalue weighted by Crippen LogP contribution is -2.58. The zero-order valence-corrected chi connectivity index (χ0v) is 26.3. The summed E-state index contributed by atoms with van der Waals surface area (Å²) in [5.41, 5.74) is 3.99. The number of carbonyl (C=O) groups excluding carboxylic acids is 2. The van der Waals surface area contributed by atoms with Crippen molar-refractivity contribution in [2.75, 3.05) is 42.6 Å². The molecule has 2 amide bonds. The minimum atomic E-state index is -4.78. The molecule has 9 nitrogen and oxygen atoms in total. The van der Waals surface area contributed by atoms with Gasteiger partial charge in [-0.1, -0.05) is 6.92 Å². The average molecular weight is 631 g/mol. The van der Waals surface area contributed by atoms with Crippen LogP contribution in [0.25, 0.3) is 0 Å². The first kappa shape index (κ1) is 33.2. The first-order valence-electron chi connectivity index (χ1n) is 14.4. The quantitative estimate of drug-likeness (QED) is 0.409. The maximum Gasteiger partial charge on any atom is 0.417 e. The van der Waals surface area contributed by atoms with E-state index in [1.807, 2.05) is 19.1 Å². The normalized spacial score (nSPS) is 21.1. The monoisotopic (exact) mass is 630 g/mol. The van der Waals surface area contributed by atoms with Crippen LogP contribution < -0.4 is 20.3 Å². The molecule has 0 bridgehead atoms. The van der Waals surface area contributed by atoms with Gasteiger partial charge in [-0.05, 0) is 88.3 Å². The van der Waals surface area contributed by atoms with Gasteiger partial charge in [-0.2, -0.15) is 18.4 Å². The number of alkyl halides is 3. The number of thiocarbonyl (C=S) groups is 1. The van der Waals surface area contributed by atoms with E-state index in [0.29, 0.717) is 31.0 Å². The van der Waals surface area contributed by atoms with Crippen LogP contribution in [0.3, 0.4) is 0 Å². The van der Waals surface area contributed by atoms with Gasteiger partial charge in [-0.15, -0.1) is 0 Å². The minimum absolute atomic E-state index is 0.0345. The van der Waals surface area contributed by atoms with Crippen molar-refractivity contribution in [3.63, 3.8) is 0 Å². The Hall–Kier alpha value is -3.73. The SMILES string of the molecule is CCc1cc(N2C(=S)N(c3ccc(C#N)c(C(F)(F)F)c3)C(=O)C2(C)C)ccc1OCCN1C[C@@H](C)N(CC(N)=O)[C@H](C)C1. The zero-order chi connectivity index (χ0) is 32.6. The average Bonchev–Trinajstić information content (AvgIpc) is 3.12. The molecule has 0 radical (unpaired) electrons. The van der Waals surface area contributed by atoms with Crippen molar-refractivity contribution in [1.29, 1.82) is 5.26 Å².